The van der Waals surface area contributed by atoms with E-state index in [0.717, 1.165) is 38.0 Å². The number of aliphatic hydroxyl groups is 1. The molecule has 1 heterocycles. The SMILES string of the molecule is CC(C)(C)NC(=O)NCC1CCN(C[C@H](O)c2ccccc2)CC1. The van der Waals surface area contributed by atoms with Gasteiger partial charge in [-0.25, -0.2) is 4.79 Å². The Hall–Kier alpha value is -1.59. The van der Waals surface area contributed by atoms with Crippen molar-refractivity contribution in [3.05, 3.63) is 35.9 Å². The van der Waals surface area contributed by atoms with Crippen LogP contribution in [0.15, 0.2) is 30.3 Å². The summed E-state index contributed by atoms with van der Waals surface area (Å²) in [7, 11) is 0. The Balaban J connectivity index is 1.67. The van der Waals surface area contributed by atoms with Crippen LogP contribution in [0.5, 0.6) is 0 Å². The molecule has 0 unspecified atom stereocenters. The third-order valence-corrected chi connectivity index (χ3v) is 4.36. The minimum atomic E-state index is -0.432. The molecule has 1 atom stereocenters. The Morgan fingerprint density at radius 2 is 1.88 bits per heavy atom. The predicted molar refractivity (Wildman–Crippen MR) is 96.9 cm³/mol. The lowest BCUT2D eigenvalue weighted by Gasteiger charge is -2.33. The lowest BCUT2D eigenvalue weighted by molar-refractivity contribution is 0.0894. The Bertz CT molecular complexity index is 505. The van der Waals surface area contributed by atoms with E-state index in [4.69, 9.17) is 0 Å². The van der Waals surface area contributed by atoms with Crippen LogP contribution in [-0.4, -0.2) is 47.8 Å². The van der Waals surface area contributed by atoms with Crippen molar-refractivity contribution in [2.45, 2.75) is 45.3 Å². The Morgan fingerprint density at radius 3 is 2.46 bits per heavy atom. The van der Waals surface area contributed by atoms with Crippen LogP contribution < -0.4 is 10.6 Å². The third-order valence-electron chi connectivity index (χ3n) is 4.36. The zero-order chi connectivity index (χ0) is 17.6. The summed E-state index contributed by atoms with van der Waals surface area (Å²) in [6.45, 7) is 9.26. The highest BCUT2D eigenvalue weighted by Crippen LogP contribution is 2.20. The molecule has 2 amide bonds. The van der Waals surface area contributed by atoms with E-state index in [1.165, 1.54) is 0 Å². The summed E-state index contributed by atoms with van der Waals surface area (Å²) in [5.74, 6) is 0.515. The second-order valence-corrected chi connectivity index (χ2v) is 7.76. The van der Waals surface area contributed by atoms with Crippen molar-refractivity contribution < 1.29 is 9.90 Å². The van der Waals surface area contributed by atoms with Gasteiger partial charge in [0.2, 0.25) is 0 Å². The number of urea groups is 1. The number of rotatable bonds is 5. The zero-order valence-electron chi connectivity index (χ0n) is 15.1. The summed E-state index contributed by atoms with van der Waals surface area (Å²) in [6.07, 6.45) is 1.67. The Morgan fingerprint density at radius 1 is 1.25 bits per heavy atom. The molecule has 24 heavy (non-hydrogen) atoms. The molecule has 1 aliphatic rings. The van der Waals surface area contributed by atoms with Gasteiger partial charge >= 0.3 is 6.03 Å². The minimum Gasteiger partial charge on any atom is -0.387 e. The Kier molecular flexibility index (Phi) is 6.63. The van der Waals surface area contributed by atoms with Gasteiger partial charge in [-0.15, -0.1) is 0 Å². The first-order chi connectivity index (χ1) is 11.3. The number of nitrogens with one attached hydrogen (secondary N) is 2. The highest BCUT2D eigenvalue weighted by Gasteiger charge is 2.22. The molecule has 0 bridgehead atoms. The van der Waals surface area contributed by atoms with Gasteiger partial charge in [-0.1, -0.05) is 30.3 Å². The summed E-state index contributed by atoms with van der Waals surface area (Å²) >= 11 is 0. The van der Waals surface area contributed by atoms with Crippen molar-refractivity contribution in [2.75, 3.05) is 26.2 Å². The van der Waals surface area contributed by atoms with E-state index in [-0.39, 0.29) is 11.6 Å². The van der Waals surface area contributed by atoms with Gasteiger partial charge in [0.15, 0.2) is 0 Å². The first-order valence-corrected chi connectivity index (χ1v) is 8.85. The molecule has 5 heteroatoms. The smallest absolute Gasteiger partial charge is 0.315 e. The topological polar surface area (TPSA) is 64.6 Å². The van der Waals surface area contributed by atoms with Crippen molar-refractivity contribution in [3.63, 3.8) is 0 Å². The quantitative estimate of drug-likeness (QED) is 0.776. The minimum absolute atomic E-state index is 0.0931. The zero-order valence-corrected chi connectivity index (χ0v) is 15.1. The number of likely N-dealkylation sites (tertiary alicyclic amines) is 1. The van der Waals surface area contributed by atoms with E-state index >= 15 is 0 Å². The highest BCUT2D eigenvalue weighted by molar-refractivity contribution is 5.74. The number of carbonyl (C=O) groups excluding carboxylic acids is 1. The molecule has 0 saturated carbocycles. The van der Waals surface area contributed by atoms with Crippen LogP contribution >= 0.6 is 0 Å². The molecule has 134 valence electrons. The monoisotopic (exact) mass is 333 g/mol. The van der Waals surface area contributed by atoms with E-state index < -0.39 is 6.10 Å². The number of piperidine rings is 1. The first kappa shape index (κ1) is 18.7. The summed E-state index contributed by atoms with van der Waals surface area (Å²) in [4.78, 5) is 14.1. The molecule has 1 aromatic rings. The summed E-state index contributed by atoms with van der Waals surface area (Å²) in [5, 5.41) is 16.2. The third kappa shape index (κ3) is 6.49. The maximum Gasteiger partial charge on any atom is 0.315 e. The largest absolute Gasteiger partial charge is 0.387 e. The number of aliphatic hydroxyl groups excluding tert-OH is 1. The second kappa shape index (κ2) is 8.49. The molecule has 3 N–H and O–H groups in total. The molecule has 2 rings (SSSR count). The van der Waals surface area contributed by atoms with Crippen LogP contribution in [0, 0.1) is 5.92 Å². The molecule has 1 aromatic carbocycles. The number of benzene rings is 1. The van der Waals surface area contributed by atoms with Crippen LogP contribution in [-0.2, 0) is 0 Å². The van der Waals surface area contributed by atoms with Gasteiger partial charge in [-0.3, -0.25) is 0 Å². The number of hydrogen-bond donors (Lipinski definition) is 3. The van der Waals surface area contributed by atoms with E-state index in [0.29, 0.717) is 12.5 Å². The molecule has 1 saturated heterocycles. The molecule has 0 radical (unpaired) electrons. The highest BCUT2D eigenvalue weighted by atomic mass is 16.3. The van der Waals surface area contributed by atoms with Gasteiger partial charge in [0, 0.05) is 18.6 Å². The number of hydrogen-bond acceptors (Lipinski definition) is 3. The van der Waals surface area contributed by atoms with Crippen molar-refractivity contribution in [2.24, 2.45) is 5.92 Å². The Labute approximate surface area is 145 Å². The number of nitrogens with zero attached hydrogens (tertiary/aromatic N) is 1. The summed E-state index contributed by atoms with van der Waals surface area (Å²) < 4.78 is 0. The van der Waals surface area contributed by atoms with Crippen molar-refractivity contribution in [1.82, 2.24) is 15.5 Å². The van der Waals surface area contributed by atoms with Gasteiger partial charge in [-0.05, 0) is 58.2 Å². The average molecular weight is 333 g/mol. The van der Waals surface area contributed by atoms with Crippen LogP contribution in [0.4, 0.5) is 4.79 Å². The normalized spacial score (nSPS) is 18.2. The summed E-state index contributed by atoms with van der Waals surface area (Å²) in [5.41, 5.74) is 0.765. The van der Waals surface area contributed by atoms with E-state index in [1.54, 1.807) is 0 Å². The van der Waals surface area contributed by atoms with E-state index in [2.05, 4.69) is 15.5 Å². The van der Waals surface area contributed by atoms with Gasteiger partial charge in [0.25, 0.3) is 0 Å². The molecule has 0 spiro atoms. The van der Waals surface area contributed by atoms with Crippen LogP contribution in [0.2, 0.25) is 0 Å². The van der Waals surface area contributed by atoms with Crippen LogP contribution in [0.25, 0.3) is 0 Å². The van der Waals surface area contributed by atoms with Crippen molar-refractivity contribution in [3.8, 4) is 0 Å². The number of amides is 2. The van der Waals surface area contributed by atoms with Gasteiger partial charge in [0.1, 0.15) is 0 Å². The fourth-order valence-electron chi connectivity index (χ4n) is 3.02. The molecular formula is C19H31N3O2. The fourth-order valence-corrected chi connectivity index (χ4v) is 3.02. The fraction of sp³-hybridized carbons (Fsp3) is 0.632. The van der Waals surface area contributed by atoms with Gasteiger partial charge in [-0.2, -0.15) is 0 Å². The molecule has 5 nitrogen and oxygen atoms in total. The average Bonchev–Trinajstić information content (AvgIpc) is 2.53. The molecule has 1 aliphatic heterocycles. The van der Waals surface area contributed by atoms with Crippen molar-refractivity contribution in [1.29, 1.82) is 0 Å². The number of carbonyl (C=O) groups is 1. The molecular weight excluding hydrogens is 302 g/mol. The predicted octanol–water partition coefficient (Wildman–Crippen LogP) is 2.53. The van der Waals surface area contributed by atoms with Gasteiger partial charge < -0.3 is 20.6 Å². The number of β-amino-alcohol motifs (C(OH)–C–C–N with tert-alkyl or cyclic N) is 1. The summed E-state index contributed by atoms with van der Waals surface area (Å²) in [6, 6.07) is 9.72. The van der Waals surface area contributed by atoms with Crippen LogP contribution in [0.3, 0.4) is 0 Å². The standard InChI is InChI=1S/C19H31N3O2/c1-19(2,3)21-18(24)20-13-15-9-11-22(12-10-15)14-17(23)16-7-5-4-6-8-16/h4-8,15,17,23H,9-14H2,1-3H3,(H2,20,21,24)/t17-/m0/s1. The van der Waals surface area contributed by atoms with Crippen molar-refractivity contribution >= 4 is 6.03 Å². The first-order valence-electron chi connectivity index (χ1n) is 8.85. The lowest BCUT2D eigenvalue weighted by atomic mass is 9.96. The maximum atomic E-state index is 11.8. The van der Waals surface area contributed by atoms with E-state index in [1.807, 2.05) is 51.1 Å². The second-order valence-electron chi connectivity index (χ2n) is 7.76. The molecule has 0 aliphatic carbocycles. The van der Waals surface area contributed by atoms with E-state index in [9.17, 15) is 9.90 Å². The molecule has 0 aromatic heterocycles. The maximum absolute atomic E-state index is 11.8. The van der Waals surface area contributed by atoms with Gasteiger partial charge in [0.05, 0.1) is 6.10 Å². The lowest BCUT2D eigenvalue weighted by Crippen LogP contribution is -2.48. The molecule has 1 fully saturated rings. The van der Waals surface area contributed by atoms with Crippen LogP contribution in [0.1, 0.15) is 45.3 Å².